The fourth-order valence-electron chi connectivity index (χ4n) is 3.64. The van der Waals surface area contributed by atoms with E-state index < -0.39 is 10.0 Å². The molecule has 0 N–H and O–H groups in total. The van der Waals surface area contributed by atoms with E-state index in [0.29, 0.717) is 18.9 Å². The first-order chi connectivity index (χ1) is 13.9. The monoisotopic (exact) mass is 412 g/mol. The molecule has 1 aliphatic heterocycles. The number of anilines is 1. The summed E-state index contributed by atoms with van der Waals surface area (Å²) in [6.07, 6.45) is 6.30. The van der Waals surface area contributed by atoms with E-state index >= 15 is 0 Å². The molecule has 9 heteroatoms. The van der Waals surface area contributed by atoms with E-state index in [9.17, 15) is 8.42 Å². The molecular formula is C20H24N6O2S. The summed E-state index contributed by atoms with van der Waals surface area (Å²) in [6.45, 7) is 0.444. The molecule has 0 radical (unpaired) electrons. The van der Waals surface area contributed by atoms with Gasteiger partial charge in [-0.05, 0) is 18.4 Å². The molecule has 3 heterocycles. The maximum atomic E-state index is 13.3. The van der Waals surface area contributed by atoms with Crippen LogP contribution in [0.2, 0.25) is 0 Å². The van der Waals surface area contributed by atoms with Crippen molar-refractivity contribution in [3.05, 3.63) is 54.7 Å². The first-order valence-electron chi connectivity index (χ1n) is 9.47. The first-order valence-corrected chi connectivity index (χ1v) is 10.9. The van der Waals surface area contributed by atoms with Crippen LogP contribution < -0.4 is 4.90 Å². The summed E-state index contributed by atoms with van der Waals surface area (Å²) < 4.78 is 29.8. The van der Waals surface area contributed by atoms with Gasteiger partial charge in [-0.25, -0.2) is 23.4 Å². The minimum Gasteiger partial charge on any atom is -0.347 e. The van der Waals surface area contributed by atoms with Gasteiger partial charge in [-0.3, -0.25) is 0 Å². The SMILES string of the molecule is CN(C)c1ncc(-c2ccccc2)c(C2CCCN2S(=O)(=O)c2cn(C)cn2)n1. The summed E-state index contributed by atoms with van der Waals surface area (Å²) in [4.78, 5) is 15.1. The summed E-state index contributed by atoms with van der Waals surface area (Å²) in [5.74, 6) is 0.557. The molecule has 0 aliphatic carbocycles. The van der Waals surface area contributed by atoms with Crippen LogP contribution in [0.15, 0.2) is 54.1 Å². The zero-order valence-electron chi connectivity index (χ0n) is 16.7. The Morgan fingerprint density at radius 2 is 1.90 bits per heavy atom. The highest BCUT2D eigenvalue weighted by atomic mass is 32.2. The summed E-state index contributed by atoms with van der Waals surface area (Å²) in [5, 5.41) is 0.0649. The van der Waals surface area contributed by atoms with E-state index in [0.717, 1.165) is 23.2 Å². The number of hydrogen-bond donors (Lipinski definition) is 0. The van der Waals surface area contributed by atoms with E-state index in [4.69, 9.17) is 4.98 Å². The van der Waals surface area contributed by atoms with E-state index in [1.807, 2.05) is 49.3 Å². The summed E-state index contributed by atoms with van der Waals surface area (Å²) in [6, 6.07) is 9.48. The number of benzene rings is 1. The molecule has 152 valence electrons. The second kappa shape index (κ2) is 7.57. The average molecular weight is 413 g/mol. The van der Waals surface area contributed by atoms with Crippen molar-refractivity contribution in [3.63, 3.8) is 0 Å². The Labute approximate surface area is 170 Å². The van der Waals surface area contributed by atoms with Crippen LogP contribution in [-0.4, -0.2) is 52.9 Å². The molecule has 0 amide bonds. The Hall–Kier alpha value is -2.78. The smallest absolute Gasteiger partial charge is 0.262 e. The van der Waals surface area contributed by atoms with Gasteiger partial charge in [0.05, 0.1) is 18.1 Å². The van der Waals surface area contributed by atoms with Gasteiger partial charge in [0.1, 0.15) is 0 Å². The Balaban J connectivity index is 1.83. The molecule has 0 spiro atoms. The number of aromatic nitrogens is 4. The van der Waals surface area contributed by atoms with Crippen molar-refractivity contribution in [1.29, 1.82) is 0 Å². The zero-order chi connectivity index (χ0) is 20.6. The van der Waals surface area contributed by atoms with Crippen LogP contribution in [0, 0.1) is 0 Å². The van der Waals surface area contributed by atoms with E-state index in [2.05, 4.69) is 9.97 Å². The lowest BCUT2D eigenvalue weighted by atomic mass is 10.0. The highest BCUT2D eigenvalue weighted by Gasteiger charge is 2.39. The van der Waals surface area contributed by atoms with Gasteiger partial charge < -0.3 is 9.47 Å². The molecule has 1 saturated heterocycles. The minimum atomic E-state index is -3.72. The molecule has 1 aliphatic rings. The van der Waals surface area contributed by atoms with Crippen molar-refractivity contribution in [2.24, 2.45) is 7.05 Å². The molecule has 8 nitrogen and oxygen atoms in total. The third-order valence-electron chi connectivity index (χ3n) is 5.06. The number of imidazole rings is 1. The Morgan fingerprint density at radius 3 is 2.55 bits per heavy atom. The summed E-state index contributed by atoms with van der Waals surface area (Å²) >= 11 is 0. The fourth-order valence-corrected chi connectivity index (χ4v) is 5.27. The quantitative estimate of drug-likeness (QED) is 0.640. The van der Waals surface area contributed by atoms with Crippen molar-refractivity contribution < 1.29 is 8.42 Å². The second-order valence-electron chi connectivity index (χ2n) is 7.38. The predicted octanol–water partition coefficient (Wildman–Crippen LogP) is 2.47. The number of aryl methyl sites for hydroxylation is 1. The van der Waals surface area contributed by atoms with Gasteiger partial charge in [0.25, 0.3) is 10.0 Å². The van der Waals surface area contributed by atoms with Gasteiger partial charge in [-0.1, -0.05) is 30.3 Å². The Kier molecular flexibility index (Phi) is 5.10. The molecule has 1 unspecified atom stereocenters. The number of nitrogens with zero attached hydrogens (tertiary/aromatic N) is 6. The normalized spacial score (nSPS) is 17.6. The highest BCUT2D eigenvalue weighted by Crippen LogP contribution is 2.39. The van der Waals surface area contributed by atoms with Gasteiger partial charge in [0, 0.05) is 45.6 Å². The first kappa shape index (κ1) is 19.5. The van der Waals surface area contributed by atoms with E-state index in [1.165, 1.54) is 16.8 Å². The van der Waals surface area contributed by atoms with Crippen LogP contribution >= 0.6 is 0 Å². The molecule has 4 rings (SSSR count). The van der Waals surface area contributed by atoms with Crippen molar-refractivity contribution in [2.75, 3.05) is 25.5 Å². The average Bonchev–Trinajstić information content (AvgIpc) is 3.38. The molecule has 0 bridgehead atoms. The third-order valence-corrected chi connectivity index (χ3v) is 6.86. The van der Waals surface area contributed by atoms with E-state index in [1.54, 1.807) is 17.8 Å². The lowest BCUT2D eigenvalue weighted by Crippen LogP contribution is -2.32. The van der Waals surface area contributed by atoms with Crippen molar-refractivity contribution in [2.45, 2.75) is 23.9 Å². The Morgan fingerprint density at radius 1 is 1.14 bits per heavy atom. The number of hydrogen-bond acceptors (Lipinski definition) is 6. The molecule has 1 fully saturated rings. The van der Waals surface area contributed by atoms with Gasteiger partial charge in [0.2, 0.25) is 5.95 Å². The summed E-state index contributed by atoms with van der Waals surface area (Å²) in [5.41, 5.74) is 2.55. The highest BCUT2D eigenvalue weighted by molar-refractivity contribution is 7.89. The second-order valence-corrected chi connectivity index (χ2v) is 9.22. The van der Waals surface area contributed by atoms with Gasteiger partial charge in [-0.15, -0.1) is 0 Å². The maximum absolute atomic E-state index is 13.3. The van der Waals surface area contributed by atoms with Gasteiger partial charge in [0.15, 0.2) is 5.03 Å². The predicted molar refractivity (Wildman–Crippen MR) is 111 cm³/mol. The molecule has 0 saturated carbocycles. The van der Waals surface area contributed by atoms with Gasteiger partial charge in [-0.2, -0.15) is 4.31 Å². The van der Waals surface area contributed by atoms with Gasteiger partial charge >= 0.3 is 0 Å². The van der Waals surface area contributed by atoms with Crippen LogP contribution in [-0.2, 0) is 17.1 Å². The lowest BCUT2D eigenvalue weighted by Gasteiger charge is -2.25. The molecule has 3 aromatic rings. The van der Waals surface area contributed by atoms with Crippen LogP contribution in [0.25, 0.3) is 11.1 Å². The van der Waals surface area contributed by atoms with E-state index in [-0.39, 0.29) is 11.1 Å². The minimum absolute atomic E-state index is 0.0649. The topological polar surface area (TPSA) is 84.2 Å². The molecular weight excluding hydrogens is 388 g/mol. The number of sulfonamides is 1. The van der Waals surface area contributed by atoms with Crippen molar-refractivity contribution in [3.8, 4) is 11.1 Å². The Bertz CT molecular complexity index is 1110. The van der Waals surface area contributed by atoms with Crippen molar-refractivity contribution in [1.82, 2.24) is 23.8 Å². The molecule has 1 atom stereocenters. The fraction of sp³-hybridized carbons (Fsp3) is 0.350. The molecule has 2 aromatic heterocycles. The third kappa shape index (κ3) is 3.63. The maximum Gasteiger partial charge on any atom is 0.262 e. The molecule has 29 heavy (non-hydrogen) atoms. The lowest BCUT2D eigenvalue weighted by molar-refractivity contribution is 0.389. The van der Waals surface area contributed by atoms with Crippen LogP contribution in [0.5, 0.6) is 0 Å². The summed E-state index contributed by atoms with van der Waals surface area (Å²) in [7, 11) is 1.79. The largest absolute Gasteiger partial charge is 0.347 e. The standard InChI is InChI=1S/C20H24N6O2S/c1-24(2)20-21-12-16(15-8-5-4-6-9-15)19(23-20)17-10-7-11-26(17)29(27,28)18-13-25(3)14-22-18/h4-6,8-9,12-14,17H,7,10-11H2,1-3H3. The van der Waals surface area contributed by atoms with Crippen LogP contribution in [0.1, 0.15) is 24.6 Å². The zero-order valence-corrected chi connectivity index (χ0v) is 17.5. The number of rotatable bonds is 5. The van der Waals surface area contributed by atoms with Crippen LogP contribution in [0.4, 0.5) is 5.95 Å². The van der Waals surface area contributed by atoms with Crippen molar-refractivity contribution >= 4 is 16.0 Å². The van der Waals surface area contributed by atoms with Crippen LogP contribution in [0.3, 0.4) is 0 Å². The molecule has 1 aromatic carbocycles.